The van der Waals surface area contributed by atoms with Crippen molar-refractivity contribution in [2.45, 2.75) is 32.1 Å². The van der Waals surface area contributed by atoms with Crippen molar-refractivity contribution < 1.29 is 9.53 Å². The molecule has 0 saturated heterocycles. The van der Waals surface area contributed by atoms with Crippen molar-refractivity contribution in [2.75, 3.05) is 6.61 Å². The Morgan fingerprint density at radius 2 is 2.00 bits per heavy atom. The molecule has 0 heterocycles. The highest BCUT2D eigenvalue weighted by atomic mass is 16.5. The minimum Gasteiger partial charge on any atom is -0.465 e. The summed E-state index contributed by atoms with van der Waals surface area (Å²) in [6, 6.07) is 0. The first kappa shape index (κ1) is 7.14. The van der Waals surface area contributed by atoms with Crippen LogP contribution in [-0.4, -0.2) is 12.6 Å². The molecule has 2 aliphatic rings. The van der Waals surface area contributed by atoms with Gasteiger partial charge in [0.05, 0.1) is 12.5 Å². The number of esters is 1. The fraction of sp³-hybridized carbons (Fsp3) is 0.889. The third-order valence-corrected chi connectivity index (χ3v) is 2.60. The molecule has 62 valence electrons. The van der Waals surface area contributed by atoms with Gasteiger partial charge in [0.2, 0.25) is 0 Å². The fourth-order valence-corrected chi connectivity index (χ4v) is 1.25. The predicted octanol–water partition coefficient (Wildman–Crippen LogP) is 1.74. The summed E-state index contributed by atoms with van der Waals surface area (Å²) in [5.41, 5.74) is 0. The molecule has 2 nitrogen and oxygen atoms in total. The smallest absolute Gasteiger partial charge is 0.308 e. The maximum absolute atomic E-state index is 11.1. The van der Waals surface area contributed by atoms with Crippen LogP contribution in [0.25, 0.3) is 0 Å². The summed E-state index contributed by atoms with van der Waals surface area (Å²) in [4.78, 5) is 11.1. The van der Waals surface area contributed by atoms with Crippen LogP contribution in [0.15, 0.2) is 0 Å². The monoisotopic (exact) mass is 154 g/mol. The molecular formula is C9H14O2. The van der Waals surface area contributed by atoms with Crippen LogP contribution in [0, 0.1) is 11.8 Å². The molecule has 0 bridgehead atoms. The minimum absolute atomic E-state index is 0.0585. The lowest BCUT2D eigenvalue weighted by Gasteiger charge is -2.22. The standard InChI is InChI=1S/C9H14O2/c10-9(8-2-1-3-8)11-6-7-4-5-7/h7-8H,1-6H2. The van der Waals surface area contributed by atoms with Crippen LogP contribution >= 0.6 is 0 Å². The van der Waals surface area contributed by atoms with E-state index in [0.29, 0.717) is 12.5 Å². The second-order valence-corrected chi connectivity index (χ2v) is 3.70. The van der Waals surface area contributed by atoms with Gasteiger partial charge in [-0.25, -0.2) is 0 Å². The van der Waals surface area contributed by atoms with Crippen LogP contribution in [0.2, 0.25) is 0 Å². The van der Waals surface area contributed by atoms with Gasteiger partial charge in [-0.3, -0.25) is 4.79 Å². The summed E-state index contributed by atoms with van der Waals surface area (Å²) < 4.78 is 5.13. The highest BCUT2D eigenvalue weighted by molar-refractivity contribution is 5.73. The van der Waals surface area contributed by atoms with Crippen molar-refractivity contribution in [3.8, 4) is 0 Å². The molecule has 0 N–H and O–H groups in total. The Bertz CT molecular complexity index is 157. The zero-order chi connectivity index (χ0) is 7.68. The lowest BCUT2D eigenvalue weighted by molar-refractivity contribution is -0.151. The molecular weight excluding hydrogens is 140 g/mol. The van der Waals surface area contributed by atoms with Gasteiger partial charge < -0.3 is 4.74 Å². The van der Waals surface area contributed by atoms with Gasteiger partial charge in [-0.1, -0.05) is 6.42 Å². The first-order valence-corrected chi connectivity index (χ1v) is 4.53. The summed E-state index contributed by atoms with van der Waals surface area (Å²) >= 11 is 0. The quantitative estimate of drug-likeness (QED) is 0.579. The van der Waals surface area contributed by atoms with Gasteiger partial charge in [-0.15, -0.1) is 0 Å². The van der Waals surface area contributed by atoms with Crippen LogP contribution in [0.3, 0.4) is 0 Å². The Balaban J connectivity index is 1.63. The van der Waals surface area contributed by atoms with Gasteiger partial charge in [-0.05, 0) is 31.6 Å². The van der Waals surface area contributed by atoms with E-state index in [1.54, 1.807) is 0 Å². The van der Waals surface area contributed by atoms with Crippen molar-refractivity contribution in [1.82, 2.24) is 0 Å². The number of hydrogen-bond acceptors (Lipinski definition) is 2. The number of carbonyl (C=O) groups is 1. The molecule has 0 aromatic rings. The average molecular weight is 154 g/mol. The Hall–Kier alpha value is -0.530. The second kappa shape index (κ2) is 2.84. The maximum Gasteiger partial charge on any atom is 0.308 e. The lowest BCUT2D eigenvalue weighted by Crippen LogP contribution is -2.24. The molecule has 0 amide bonds. The van der Waals surface area contributed by atoms with E-state index in [0.717, 1.165) is 12.8 Å². The van der Waals surface area contributed by atoms with Crippen molar-refractivity contribution >= 4 is 5.97 Å². The summed E-state index contributed by atoms with van der Waals surface area (Å²) in [5, 5.41) is 0. The molecule has 2 rings (SSSR count). The van der Waals surface area contributed by atoms with Gasteiger partial charge >= 0.3 is 5.97 Å². The SMILES string of the molecule is O=C(OCC1CC1)C1CCC1. The first-order valence-electron chi connectivity index (χ1n) is 4.53. The van der Waals surface area contributed by atoms with Gasteiger partial charge in [0.15, 0.2) is 0 Å². The first-order chi connectivity index (χ1) is 5.36. The van der Waals surface area contributed by atoms with Crippen molar-refractivity contribution in [3.05, 3.63) is 0 Å². The summed E-state index contributed by atoms with van der Waals surface area (Å²) in [5.74, 6) is 1.02. The molecule has 0 spiro atoms. The van der Waals surface area contributed by atoms with Gasteiger partial charge in [-0.2, -0.15) is 0 Å². The molecule has 2 aliphatic carbocycles. The van der Waals surface area contributed by atoms with E-state index in [1.165, 1.54) is 19.3 Å². The average Bonchev–Trinajstić information content (AvgIpc) is 2.61. The van der Waals surface area contributed by atoms with E-state index in [-0.39, 0.29) is 11.9 Å². The van der Waals surface area contributed by atoms with E-state index in [2.05, 4.69) is 0 Å². The molecule has 2 heteroatoms. The third kappa shape index (κ3) is 1.73. The van der Waals surface area contributed by atoms with Crippen LogP contribution in [0.4, 0.5) is 0 Å². The Morgan fingerprint density at radius 3 is 2.45 bits per heavy atom. The maximum atomic E-state index is 11.1. The van der Waals surface area contributed by atoms with Crippen LogP contribution in [0.5, 0.6) is 0 Å². The highest BCUT2D eigenvalue weighted by Crippen LogP contribution is 2.31. The van der Waals surface area contributed by atoms with Crippen LogP contribution in [0.1, 0.15) is 32.1 Å². The molecule has 0 radical (unpaired) electrons. The molecule has 0 unspecified atom stereocenters. The number of carbonyl (C=O) groups excluding carboxylic acids is 1. The highest BCUT2D eigenvalue weighted by Gasteiger charge is 2.29. The molecule has 2 fully saturated rings. The largest absolute Gasteiger partial charge is 0.465 e. The molecule has 11 heavy (non-hydrogen) atoms. The molecule has 0 aromatic carbocycles. The predicted molar refractivity (Wildman–Crippen MR) is 41.0 cm³/mol. The summed E-state index contributed by atoms with van der Waals surface area (Å²) in [6.45, 7) is 0.690. The molecule has 0 aliphatic heterocycles. The van der Waals surface area contributed by atoms with E-state index in [1.807, 2.05) is 0 Å². The van der Waals surface area contributed by atoms with Crippen molar-refractivity contribution in [3.63, 3.8) is 0 Å². The lowest BCUT2D eigenvalue weighted by atomic mass is 9.86. The topological polar surface area (TPSA) is 26.3 Å². The van der Waals surface area contributed by atoms with Crippen molar-refractivity contribution in [2.24, 2.45) is 11.8 Å². The molecule has 0 atom stereocenters. The normalized spacial score (nSPS) is 24.4. The van der Waals surface area contributed by atoms with Crippen LogP contribution in [-0.2, 0) is 9.53 Å². The number of rotatable bonds is 3. The number of hydrogen-bond donors (Lipinski definition) is 0. The minimum atomic E-state index is 0.0585. The summed E-state index contributed by atoms with van der Waals surface area (Å²) in [6.07, 6.45) is 5.85. The second-order valence-electron chi connectivity index (χ2n) is 3.70. The van der Waals surface area contributed by atoms with E-state index in [4.69, 9.17) is 4.74 Å². The Kier molecular flexibility index (Phi) is 1.84. The molecule has 0 aromatic heterocycles. The van der Waals surface area contributed by atoms with Gasteiger partial charge in [0.1, 0.15) is 0 Å². The van der Waals surface area contributed by atoms with Crippen molar-refractivity contribution in [1.29, 1.82) is 0 Å². The van der Waals surface area contributed by atoms with Gasteiger partial charge in [0.25, 0.3) is 0 Å². The summed E-state index contributed by atoms with van der Waals surface area (Å²) in [7, 11) is 0. The zero-order valence-corrected chi connectivity index (χ0v) is 6.71. The zero-order valence-electron chi connectivity index (χ0n) is 6.71. The number of ether oxygens (including phenoxy) is 1. The van der Waals surface area contributed by atoms with E-state index < -0.39 is 0 Å². The fourth-order valence-electron chi connectivity index (χ4n) is 1.25. The third-order valence-electron chi connectivity index (χ3n) is 2.60. The van der Waals surface area contributed by atoms with E-state index in [9.17, 15) is 4.79 Å². The van der Waals surface area contributed by atoms with Gasteiger partial charge in [0, 0.05) is 0 Å². The molecule has 2 saturated carbocycles. The van der Waals surface area contributed by atoms with E-state index >= 15 is 0 Å². The van der Waals surface area contributed by atoms with Crippen LogP contribution < -0.4 is 0 Å². The Labute approximate surface area is 66.9 Å². The Morgan fingerprint density at radius 1 is 1.27 bits per heavy atom.